The van der Waals surface area contributed by atoms with Crippen molar-refractivity contribution >= 4 is 5.97 Å². The summed E-state index contributed by atoms with van der Waals surface area (Å²) in [5, 5.41) is 17.3. The summed E-state index contributed by atoms with van der Waals surface area (Å²) in [4.78, 5) is 11.4. The van der Waals surface area contributed by atoms with Crippen molar-refractivity contribution in [3.05, 3.63) is 16.8 Å². The Morgan fingerprint density at radius 2 is 2.00 bits per heavy atom. The summed E-state index contributed by atoms with van der Waals surface area (Å²) in [6.07, 6.45) is 0.939. The fourth-order valence-corrected chi connectivity index (χ4v) is 1.92. The number of nitrogens with zero attached hydrogens (tertiary/aromatic N) is 2. The number of rotatable bonds is 7. The van der Waals surface area contributed by atoms with E-state index in [-0.39, 0.29) is 17.5 Å². The molecule has 0 saturated heterocycles. The first-order valence-electron chi connectivity index (χ1n) is 6.32. The minimum absolute atomic E-state index is 0.0612. The smallest absolute Gasteiger partial charge is 0.341 e. The number of aromatic carboxylic acids is 1. The summed E-state index contributed by atoms with van der Waals surface area (Å²) in [6, 6.07) is 0. The van der Waals surface area contributed by atoms with Crippen molar-refractivity contribution in [1.82, 2.24) is 10.2 Å². The Morgan fingerprint density at radius 3 is 2.47 bits per heavy atom. The van der Waals surface area contributed by atoms with Crippen LogP contribution in [0.25, 0.3) is 0 Å². The SMILES string of the molecule is CCc1nnc(OC(C)COC)c(C(=O)O)c1CC. The van der Waals surface area contributed by atoms with Crippen LogP contribution in [0.5, 0.6) is 5.88 Å². The Bertz CT molecular complexity index is 449. The van der Waals surface area contributed by atoms with Crippen LogP contribution in [-0.2, 0) is 17.6 Å². The first-order chi connectivity index (χ1) is 9.04. The Balaban J connectivity index is 3.20. The quantitative estimate of drug-likeness (QED) is 0.810. The van der Waals surface area contributed by atoms with Gasteiger partial charge in [-0.1, -0.05) is 13.8 Å². The molecule has 1 aromatic heterocycles. The van der Waals surface area contributed by atoms with E-state index in [1.807, 2.05) is 13.8 Å². The summed E-state index contributed by atoms with van der Waals surface area (Å²) in [6.45, 7) is 5.96. The van der Waals surface area contributed by atoms with E-state index in [1.54, 1.807) is 14.0 Å². The fraction of sp³-hybridized carbons (Fsp3) is 0.615. The van der Waals surface area contributed by atoms with Crippen molar-refractivity contribution in [1.29, 1.82) is 0 Å². The van der Waals surface area contributed by atoms with Crippen LogP contribution in [0.3, 0.4) is 0 Å². The highest BCUT2D eigenvalue weighted by Gasteiger charge is 2.22. The predicted molar refractivity (Wildman–Crippen MR) is 69.7 cm³/mol. The first-order valence-corrected chi connectivity index (χ1v) is 6.32. The molecule has 106 valence electrons. The zero-order chi connectivity index (χ0) is 14.4. The van der Waals surface area contributed by atoms with Gasteiger partial charge in [0.2, 0.25) is 5.88 Å². The van der Waals surface area contributed by atoms with Gasteiger partial charge in [0, 0.05) is 7.11 Å². The van der Waals surface area contributed by atoms with Gasteiger partial charge in [0.15, 0.2) is 0 Å². The van der Waals surface area contributed by atoms with Crippen LogP contribution in [0, 0.1) is 0 Å². The zero-order valence-electron chi connectivity index (χ0n) is 11.8. The topological polar surface area (TPSA) is 81.5 Å². The maximum absolute atomic E-state index is 11.4. The fourth-order valence-electron chi connectivity index (χ4n) is 1.92. The van der Waals surface area contributed by atoms with E-state index in [4.69, 9.17) is 9.47 Å². The number of hydrogen-bond donors (Lipinski definition) is 1. The van der Waals surface area contributed by atoms with Gasteiger partial charge in [-0.2, -0.15) is 5.10 Å². The molecule has 1 rings (SSSR count). The molecule has 6 nitrogen and oxygen atoms in total. The molecule has 1 unspecified atom stereocenters. The molecule has 0 aliphatic carbocycles. The van der Waals surface area contributed by atoms with Crippen LogP contribution in [0.15, 0.2) is 0 Å². The molecule has 0 spiro atoms. The molecule has 0 aromatic carbocycles. The third-order valence-electron chi connectivity index (χ3n) is 2.74. The van der Waals surface area contributed by atoms with Crippen LogP contribution in [-0.4, -0.2) is 41.1 Å². The van der Waals surface area contributed by atoms with Gasteiger partial charge in [-0.05, 0) is 25.3 Å². The minimum Gasteiger partial charge on any atom is -0.477 e. The van der Waals surface area contributed by atoms with Gasteiger partial charge in [0.05, 0.1) is 12.3 Å². The number of methoxy groups -OCH3 is 1. The number of aromatic nitrogens is 2. The summed E-state index contributed by atoms with van der Waals surface area (Å²) in [7, 11) is 1.56. The van der Waals surface area contributed by atoms with Gasteiger partial charge in [-0.25, -0.2) is 4.79 Å². The largest absolute Gasteiger partial charge is 0.477 e. The highest BCUT2D eigenvalue weighted by molar-refractivity contribution is 5.92. The number of hydrogen-bond acceptors (Lipinski definition) is 5. The maximum Gasteiger partial charge on any atom is 0.341 e. The zero-order valence-corrected chi connectivity index (χ0v) is 11.8. The second-order valence-corrected chi connectivity index (χ2v) is 4.20. The number of aryl methyl sites for hydroxylation is 1. The van der Waals surface area contributed by atoms with Crippen molar-refractivity contribution in [2.75, 3.05) is 13.7 Å². The molecule has 19 heavy (non-hydrogen) atoms. The van der Waals surface area contributed by atoms with Crippen LogP contribution in [0.4, 0.5) is 0 Å². The van der Waals surface area contributed by atoms with E-state index in [0.717, 1.165) is 0 Å². The van der Waals surface area contributed by atoms with Crippen LogP contribution in [0.1, 0.15) is 42.4 Å². The summed E-state index contributed by atoms with van der Waals surface area (Å²) in [5.74, 6) is -0.979. The van der Waals surface area contributed by atoms with E-state index in [9.17, 15) is 9.90 Å². The lowest BCUT2D eigenvalue weighted by Gasteiger charge is -2.16. The molecule has 1 atom stereocenters. The standard InChI is InChI=1S/C13H20N2O4/c1-5-9-10(6-2)14-15-12(11(9)13(16)17)19-8(3)7-18-4/h8H,5-7H2,1-4H3,(H,16,17). The van der Waals surface area contributed by atoms with E-state index in [0.29, 0.717) is 30.7 Å². The normalized spacial score (nSPS) is 12.2. The molecule has 1 aromatic rings. The first kappa shape index (κ1) is 15.4. The molecule has 0 amide bonds. The number of carbonyl (C=O) groups is 1. The summed E-state index contributed by atoms with van der Waals surface area (Å²) < 4.78 is 10.5. The van der Waals surface area contributed by atoms with Crippen molar-refractivity contribution in [3.63, 3.8) is 0 Å². The van der Waals surface area contributed by atoms with Crippen LogP contribution >= 0.6 is 0 Å². The predicted octanol–water partition coefficient (Wildman–Crippen LogP) is 1.71. The average molecular weight is 268 g/mol. The van der Waals surface area contributed by atoms with Gasteiger partial charge < -0.3 is 14.6 Å². The van der Waals surface area contributed by atoms with Crippen molar-refractivity contribution < 1.29 is 19.4 Å². The molecule has 0 aliphatic rings. The number of carboxylic acids is 1. The van der Waals surface area contributed by atoms with E-state index >= 15 is 0 Å². The van der Waals surface area contributed by atoms with Gasteiger partial charge in [-0.15, -0.1) is 5.10 Å². The van der Waals surface area contributed by atoms with Gasteiger partial charge >= 0.3 is 5.97 Å². The van der Waals surface area contributed by atoms with Crippen molar-refractivity contribution in [2.24, 2.45) is 0 Å². The lowest BCUT2D eigenvalue weighted by atomic mass is 10.0. The Labute approximate surface area is 112 Å². The van der Waals surface area contributed by atoms with Gasteiger partial charge in [-0.3, -0.25) is 0 Å². The molecule has 6 heteroatoms. The molecule has 1 heterocycles. The van der Waals surface area contributed by atoms with Crippen LogP contribution < -0.4 is 4.74 Å². The average Bonchev–Trinajstić information content (AvgIpc) is 2.37. The number of ether oxygens (including phenoxy) is 2. The summed E-state index contributed by atoms with van der Waals surface area (Å²) >= 11 is 0. The molecular formula is C13H20N2O4. The lowest BCUT2D eigenvalue weighted by molar-refractivity contribution is 0.0663. The second-order valence-electron chi connectivity index (χ2n) is 4.20. The lowest BCUT2D eigenvalue weighted by Crippen LogP contribution is -2.22. The highest BCUT2D eigenvalue weighted by atomic mass is 16.5. The minimum atomic E-state index is -1.04. The summed E-state index contributed by atoms with van der Waals surface area (Å²) in [5.41, 5.74) is 1.49. The highest BCUT2D eigenvalue weighted by Crippen LogP contribution is 2.23. The molecular weight excluding hydrogens is 248 g/mol. The van der Waals surface area contributed by atoms with E-state index < -0.39 is 5.97 Å². The van der Waals surface area contributed by atoms with Crippen LogP contribution in [0.2, 0.25) is 0 Å². The monoisotopic (exact) mass is 268 g/mol. The molecule has 0 saturated carbocycles. The Morgan fingerprint density at radius 1 is 1.32 bits per heavy atom. The maximum atomic E-state index is 11.4. The molecule has 0 bridgehead atoms. The van der Waals surface area contributed by atoms with Crippen molar-refractivity contribution in [2.45, 2.75) is 39.7 Å². The third kappa shape index (κ3) is 3.64. The van der Waals surface area contributed by atoms with E-state index in [2.05, 4.69) is 10.2 Å². The van der Waals surface area contributed by atoms with Gasteiger partial charge in [0.25, 0.3) is 0 Å². The molecule has 0 fully saturated rings. The molecule has 0 aliphatic heterocycles. The Hall–Kier alpha value is -1.69. The Kier molecular flexibility index (Phi) is 5.69. The second kappa shape index (κ2) is 7.04. The van der Waals surface area contributed by atoms with Crippen molar-refractivity contribution in [3.8, 4) is 5.88 Å². The number of carboxylic acid groups (broad SMARTS) is 1. The van der Waals surface area contributed by atoms with E-state index in [1.165, 1.54) is 0 Å². The van der Waals surface area contributed by atoms with Gasteiger partial charge in [0.1, 0.15) is 11.7 Å². The molecule has 1 N–H and O–H groups in total. The molecule has 0 radical (unpaired) electrons. The third-order valence-corrected chi connectivity index (χ3v) is 2.74.